The monoisotopic (exact) mass is 328 g/mol. The summed E-state index contributed by atoms with van der Waals surface area (Å²) in [4.78, 5) is 24.1. The van der Waals surface area contributed by atoms with Crippen molar-refractivity contribution in [3.8, 4) is 0 Å². The maximum atomic E-state index is 12.1. The Bertz CT molecular complexity index is 669. The molecule has 24 heavy (non-hydrogen) atoms. The number of allylic oxidation sites excluding steroid dienone is 2. The van der Waals surface area contributed by atoms with Gasteiger partial charge in [0.05, 0.1) is 0 Å². The third-order valence-electron chi connectivity index (χ3n) is 5.75. The Morgan fingerprint density at radius 3 is 2.67 bits per heavy atom. The lowest BCUT2D eigenvalue weighted by Gasteiger charge is -2.26. The first kappa shape index (κ1) is 16.7. The molecule has 4 nitrogen and oxygen atoms in total. The number of rotatable bonds is 2. The lowest BCUT2D eigenvalue weighted by Crippen LogP contribution is -2.29. The Labute approximate surface area is 142 Å². The fourth-order valence-corrected chi connectivity index (χ4v) is 4.15. The predicted molar refractivity (Wildman–Crippen MR) is 90.9 cm³/mol. The molecule has 0 N–H and O–H groups in total. The molecule has 0 radical (unpaired) electrons. The molecule has 4 heteroatoms. The van der Waals surface area contributed by atoms with Crippen molar-refractivity contribution >= 4 is 11.9 Å². The van der Waals surface area contributed by atoms with Crippen LogP contribution < -0.4 is 0 Å². The molecule has 5 atom stereocenters. The molecule has 0 aromatic rings. The molecule has 1 aliphatic heterocycles. The Hall–Kier alpha value is -2.10. The lowest BCUT2D eigenvalue weighted by atomic mass is 9.82. The number of carbonyl (C=O) groups excluding carboxylic acids is 2. The van der Waals surface area contributed by atoms with E-state index in [9.17, 15) is 9.59 Å². The normalized spacial score (nSPS) is 36.1. The molecule has 0 aromatic heterocycles. The van der Waals surface area contributed by atoms with Crippen LogP contribution >= 0.6 is 0 Å². The van der Waals surface area contributed by atoms with Crippen molar-refractivity contribution in [3.05, 3.63) is 48.1 Å². The van der Waals surface area contributed by atoms with Crippen molar-refractivity contribution in [2.24, 2.45) is 17.8 Å². The van der Waals surface area contributed by atoms with Crippen LogP contribution in [0.4, 0.5) is 0 Å². The number of hydrogen-bond acceptors (Lipinski definition) is 4. The lowest BCUT2D eigenvalue weighted by molar-refractivity contribution is -0.143. The van der Waals surface area contributed by atoms with Crippen molar-refractivity contribution in [1.29, 1.82) is 0 Å². The zero-order valence-electron chi connectivity index (χ0n) is 14.3. The summed E-state index contributed by atoms with van der Waals surface area (Å²) in [6.07, 6.45) is 3.45. The smallest absolute Gasteiger partial charge is 0.334 e. The van der Waals surface area contributed by atoms with E-state index in [2.05, 4.69) is 19.7 Å². The number of carbonyl (C=O) groups is 2. The van der Waals surface area contributed by atoms with E-state index in [1.807, 2.05) is 0 Å². The van der Waals surface area contributed by atoms with Gasteiger partial charge in [-0.25, -0.2) is 9.59 Å². The molecule has 0 unspecified atom stereocenters. The summed E-state index contributed by atoms with van der Waals surface area (Å²) in [7, 11) is 0. The molecule has 2 saturated carbocycles. The van der Waals surface area contributed by atoms with Crippen molar-refractivity contribution in [2.75, 3.05) is 0 Å². The molecule has 128 valence electrons. The highest BCUT2D eigenvalue weighted by atomic mass is 16.6. The third-order valence-corrected chi connectivity index (χ3v) is 5.75. The van der Waals surface area contributed by atoms with Gasteiger partial charge in [-0.3, -0.25) is 0 Å². The molecule has 2 aliphatic carbocycles. The minimum Gasteiger partial charge on any atom is -0.458 e. The summed E-state index contributed by atoms with van der Waals surface area (Å²) in [6, 6.07) is 0. The summed E-state index contributed by atoms with van der Waals surface area (Å²) in [5.74, 6) is -0.538. The Morgan fingerprint density at radius 1 is 1.29 bits per heavy atom. The van der Waals surface area contributed by atoms with Gasteiger partial charge in [-0.05, 0) is 44.6 Å². The van der Waals surface area contributed by atoms with Gasteiger partial charge in [0.25, 0.3) is 0 Å². The van der Waals surface area contributed by atoms with Gasteiger partial charge < -0.3 is 9.47 Å². The molecular weight excluding hydrogens is 304 g/mol. The molecule has 1 heterocycles. The molecule has 3 fully saturated rings. The maximum absolute atomic E-state index is 12.1. The van der Waals surface area contributed by atoms with Crippen molar-refractivity contribution in [3.63, 3.8) is 0 Å². The maximum Gasteiger partial charge on any atom is 0.334 e. The molecule has 3 rings (SSSR count). The summed E-state index contributed by atoms with van der Waals surface area (Å²) in [5.41, 5.74) is 3.08. The van der Waals surface area contributed by atoms with Crippen molar-refractivity contribution < 1.29 is 19.1 Å². The number of ether oxygens (including phenoxy) is 2. The van der Waals surface area contributed by atoms with E-state index in [1.54, 1.807) is 19.9 Å². The van der Waals surface area contributed by atoms with E-state index < -0.39 is 0 Å². The van der Waals surface area contributed by atoms with Crippen LogP contribution in [0.3, 0.4) is 0 Å². The van der Waals surface area contributed by atoms with Gasteiger partial charge >= 0.3 is 11.9 Å². The van der Waals surface area contributed by atoms with Crippen LogP contribution in [0.2, 0.25) is 0 Å². The second-order valence-corrected chi connectivity index (χ2v) is 7.01. The van der Waals surface area contributed by atoms with Crippen LogP contribution in [0.15, 0.2) is 48.1 Å². The first-order chi connectivity index (χ1) is 11.3. The van der Waals surface area contributed by atoms with E-state index in [0.29, 0.717) is 17.6 Å². The van der Waals surface area contributed by atoms with Crippen LogP contribution in [0.5, 0.6) is 0 Å². The number of esters is 2. The van der Waals surface area contributed by atoms with Gasteiger partial charge in [0, 0.05) is 23.0 Å². The van der Waals surface area contributed by atoms with Gasteiger partial charge in [-0.1, -0.05) is 31.4 Å². The quantitative estimate of drug-likeness (QED) is 0.442. The largest absolute Gasteiger partial charge is 0.458 e. The molecule has 1 saturated heterocycles. The topological polar surface area (TPSA) is 52.6 Å². The zero-order valence-corrected chi connectivity index (χ0v) is 14.3. The summed E-state index contributed by atoms with van der Waals surface area (Å²) >= 11 is 0. The molecule has 0 bridgehead atoms. The standard InChI is InChI=1S/C20H24O4/c1-6-10(2)19(21)23-16-9-15-11(3)7-8-14-12(4)20(22)24-18(14)17(15)13(16)5/h6,14-18H,3-5,7-9H2,1-2H3/b10-6-/t14-,15-,16-,17-,18-/m0/s1. The second-order valence-electron chi connectivity index (χ2n) is 7.01. The van der Waals surface area contributed by atoms with E-state index >= 15 is 0 Å². The molecule has 0 spiro atoms. The first-order valence-electron chi connectivity index (χ1n) is 8.45. The molecule has 0 amide bonds. The third kappa shape index (κ3) is 2.54. The summed E-state index contributed by atoms with van der Waals surface area (Å²) in [5, 5.41) is 0. The highest BCUT2D eigenvalue weighted by Gasteiger charge is 2.53. The van der Waals surface area contributed by atoms with Crippen LogP contribution in [0.1, 0.15) is 33.1 Å². The Kier molecular flexibility index (Phi) is 4.24. The second kappa shape index (κ2) is 6.08. The van der Waals surface area contributed by atoms with E-state index in [1.165, 1.54) is 0 Å². The van der Waals surface area contributed by atoms with E-state index in [4.69, 9.17) is 9.47 Å². The first-order valence-corrected chi connectivity index (χ1v) is 8.45. The van der Waals surface area contributed by atoms with Crippen molar-refractivity contribution in [2.45, 2.75) is 45.3 Å². The van der Waals surface area contributed by atoms with Gasteiger partial charge in [0.1, 0.15) is 12.2 Å². The predicted octanol–water partition coefficient (Wildman–Crippen LogP) is 3.50. The minimum atomic E-state index is -0.356. The highest BCUT2D eigenvalue weighted by molar-refractivity contribution is 5.91. The summed E-state index contributed by atoms with van der Waals surface area (Å²) < 4.78 is 11.3. The van der Waals surface area contributed by atoms with Gasteiger partial charge in [-0.2, -0.15) is 0 Å². The van der Waals surface area contributed by atoms with Crippen LogP contribution in [-0.2, 0) is 19.1 Å². The Morgan fingerprint density at radius 2 is 2.00 bits per heavy atom. The average Bonchev–Trinajstić information content (AvgIpc) is 2.97. The molecule has 0 aromatic carbocycles. The number of hydrogen-bond donors (Lipinski definition) is 0. The molecular formula is C20H24O4. The number of fused-ring (bicyclic) bond motifs is 3. The van der Waals surface area contributed by atoms with Crippen LogP contribution in [-0.4, -0.2) is 24.1 Å². The summed E-state index contributed by atoms with van der Waals surface area (Å²) in [6.45, 7) is 15.8. The molecule has 3 aliphatic rings. The Balaban J connectivity index is 1.86. The fourth-order valence-electron chi connectivity index (χ4n) is 4.15. The van der Waals surface area contributed by atoms with Gasteiger partial charge in [0.2, 0.25) is 0 Å². The SMILES string of the molecule is C=C1[C@@H]2[C@H]3OC(=O)C(=C)[C@@H]3CCC(=C)[C@@H]2C[C@@H]1OC(=O)/C(C)=C\C. The average molecular weight is 328 g/mol. The fraction of sp³-hybridized carbons (Fsp3) is 0.500. The minimum absolute atomic E-state index is 0.00715. The van der Waals surface area contributed by atoms with Crippen LogP contribution in [0, 0.1) is 17.8 Å². The van der Waals surface area contributed by atoms with E-state index in [-0.39, 0.29) is 41.9 Å². The van der Waals surface area contributed by atoms with Gasteiger partial charge in [-0.15, -0.1) is 0 Å². The van der Waals surface area contributed by atoms with Crippen molar-refractivity contribution in [1.82, 2.24) is 0 Å². The highest BCUT2D eigenvalue weighted by Crippen LogP contribution is 2.52. The zero-order chi connectivity index (χ0) is 17.6. The van der Waals surface area contributed by atoms with Crippen LogP contribution in [0.25, 0.3) is 0 Å². The van der Waals surface area contributed by atoms with Gasteiger partial charge in [0.15, 0.2) is 0 Å². The van der Waals surface area contributed by atoms with E-state index in [0.717, 1.165) is 24.0 Å².